The first-order valence-corrected chi connectivity index (χ1v) is 7.86. The van der Waals surface area contributed by atoms with Crippen LogP contribution >= 0.6 is 0 Å². The number of carbonyl (C=O) groups excluding carboxylic acids is 1. The van der Waals surface area contributed by atoms with Gasteiger partial charge in [-0.05, 0) is 55.8 Å². The summed E-state index contributed by atoms with van der Waals surface area (Å²) in [7, 11) is 0. The molecule has 0 atom stereocenters. The van der Waals surface area contributed by atoms with E-state index in [1.54, 1.807) is 6.07 Å². The number of nitrogens with one attached hydrogen (secondary N) is 2. The van der Waals surface area contributed by atoms with Crippen LogP contribution < -0.4 is 5.32 Å². The highest BCUT2D eigenvalue weighted by molar-refractivity contribution is 6.03. The highest BCUT2D eigenvalue weighted by Gasteiger charge is 2.30. The largest absolute Gasteiger partial charge is 0.416 e. The molecule has 0 aliphatic rings. The van der Waals surface area contributed by atoms with Crippen molar-refractivity contribution in [2.45, 2.75) is 20.0 Å². The molecule has 1 aromatic heterocycles. The van der Waals surface area contributed by atoms with Crippen molar-refractivity contribution in [2.24, 2.45) is 0 Å². The van der Waals surface area contributed by atoms with Crippen molar-refractivity contribution >= 4 is 11.6 Å². The molecule has 0 fully saturated rings. The Labute approximate surface area is 148 Å². The Bertz CT molecular complexity index is 943. The van der Waals surface area contributed by atoms with E-state index in [0.717, 1.165) is 28.8 Å². The highest BCUT2D eigenvalue weighted by atomic mass is 19.4. The van der Waals surface area contributed by atoms with E-state index in [0.29, 0.717) is 5.69 Å². The van der Waals surface area contributed by atoms with Crippen molar-refractivity contribution in [1.82, 2.24) is 10.2 Å². The molecule has 0 aliphatic heterocycles. The van der Waals surface area contributed by atoms with Gasteiger partial charge in [-0.1, -0.05) is 17.7 Å². The fourth-order valence-corrected chi connectivity index (χ4v) is 2.53. The summed E-state index contributed by atoms with van der Waals surface area (Å²) in [5, 5.41) is 9.38. The fraction of sp³-hybridized carbons (Fsp3) is 0.158. The molecule has 0 unspecified atom stereocenters. The Balaban J connectivity index is 1.77. The maximum Gasteiger partial charge on any atom is 0.416 e. The van der Waals surface area contributed by atoms with Gasteiger partial charge < -0.3 is 5.32 Å². The summed E-state index contributed by atoms with van der Waals surface area (Å²) in [6.45, 7) is 3.92. The Morgan fingerprint density at radius 2 is 1.73 bits per heavy atom. The third-order valence-corrected chi connectivity index (χ3v) is 3.96. The van der Waals surface area contributed by atoms with Crippen molar-refractivity contribution in [1.29, 1.82) is 0 Å². The standard InChI is InChI=1S/C19H16F3N3O/c1-11-3-4-12(2)15(9-11)16-10-17(25-24-16)18(26)23-14-7-5-13(6-8-14)19(20,21)22/h3-10H,1-2H3,(H,23,26)(H,24,25). The van der Waals surface area contributed by atoms with E-state index >= 15 is 0 Å². The van der Waals surface area contributed by atoms with Gasteiger partial charge in [-0.15, -0.1) is 0 Å². The van der Waals surface area contributed by atoms with E-state index in [1.165, 1.54) is 12.1 Å². The third-order valence-electron chi connectivity index (χ3n) is 3.96. The zero-order valence-corrected chi connectivity index (χ0v) is 14.1. The quantitative estimate of drug-likeness (QED) is 0.694. The summed E-state index contributed by atoms with van der Waals surface area (Å²) in [4.78, 5) is 12.3. The molecule has 0 saturated heterocycles. The molecule has 0 bridgehead atoms. The zero-order valence-electron chi connectivity index (χ0n) is 14.1. The van der Waals surface area contributed by atoms with Crippen LogP contribution in [0, 0.1) is 13.8 Å². The van der Waals surface area contributed by atoms with Crippen LogP contribution in [-0.2, 0) is 6.18 Å². The van der Waals surface area contributed by atoms with Gasteiger partial charge >= 0.3 is 6.18 Å². The highest BCUT2D eigenvalue weighted by Crippen LogP contribution is 2.30. The smallest absolute Gasteiger partial charge is 0.321 e. The second-order valence-electron chi connectivity index (χ2n) is 6.01. The maximum atomic E-state index is 12.6. The first kappa shape index (κ1) is 17.7. The van der Waals surface area contributed by atoms with Crippen LogP contribution in [-0.4, -0.2) is 16.1 Å². The molecular weight excluding hydrogens is 343 g/mol. The molecule has 7 heteroatoms. The van der Waals surface area contributed by atoms with Crippen molar-refractivity contribution in [3.05, 3.63) is 70.9 Å². The van der Waals surface area contributed by atoms with Gasteiger partial charge in [-0.3, -0.25) is 9.89 Å². The molecule has 2 N–H and O–H groups in total. The van der Waals surface area contributed by atoms with E-state index < -0.39 is 17.6 Å². The van der Waals surface area contributed by atoms with E-state index in [-0.39, 0.29) is 11.4 Å². The van der Waals surface area contributed by atoms with Crippen LogP contribution in [0.25, 0.3) is 11.3 Å². The van der Waals surface area contributed by atoms with Crippen molar-refractivity contribution in [2.75, 3.05) is 5.32 Å². The Kier molecular flexibility index (Phi) is 4.54. The molecule has 0 aliphatic carbocycles. The Hall–Kier alpha value is -3.09. The van der Waals surface area contributed by atoms with Gasteiger partial charge in [-0.25, -0.2) is 0 Å². The Morgan fingerprint density at radius 3 is 2.38 bits per heavy atom. The number of anilines is 1. The number of aromatic amines is 1. The lowest BCUT2D eigenvalue weighted by atomic mass is 10.0. The Morgan fingerprint density at radius 1 is 1.04 bits per heavy atom. The number of aromatic nitrogens is 2. The monoisotopic (exact) mass is 359 g/mol. The summed E-state index contributed by atoms with van der Waals surface area (Å²) in [6, 6.07) is 11.8. The number of hydrogen-bond acceptors (Lipinski definition) is 2. The number of alkyl halides is 3. The summed E-state index contributed by atoms with van der Waals surface area (Å²) in [5.41, 5.74) is 3.36. The summed E-state index contributed by atoms with van der Waals surface area (Å²) in [6.07, 6.45) is -4.41. The van der Waals surface area contributed by atoms with E-state index in [1.807, 2.05) is 32.0 Å². The summed E-state index contributed by atoms with van der Waals surface area (Å²) in [5.74, 6) is -0.478. The second kappa shape index (κ2) is 6.67. The van der Waals surface area contributed by atoms with Crippen LogP contribution in [0.5, 0.6) is 0 Å². The van der Waals surface area contributed by atoms with E-state index in [4.69, 9.17) is 0 Å². The summed E-state index contributed by atoms with van der Waals surface area (Å²) < 4.78 is 37.7. The molecule has 3 aromatic rings. The topological polar surface area (TPSA) is 57.8 Å². The zero-order chi connectivity index (χ0) is 18.9. The van der Waals surface area contributed by atoms with Gasteiger partial charge in [0.15, 0.2) is 0 Å². The number of rotatable bonds is 3. The van der Waals surface area contributed by atoms with Crippen molar-refractivity contribution < 1.29 is 18.0 Å². The van der Waals surface area contributed by atoms with E-state index in [2.05, 4.69) is 15.5 Å². The molecule has 0 saturated carbocycles. The SMILES string of the molecule is Cc1ccc(C)c(-c2cc(C(=O)Nc3ccc(C(F)(F)F)cc3)[nH]n2)c1. The second-order valence-corrected chi connectivity index (χ2v) is 6.01. The first-order chi connectivity index (χ1) is 12.2. The van der Waals surface area contributed by atoms with Gasteiger partial charge in [0.05, 0.1) is 11.3 Å². The van der Waals surface area contributed by atoms with Crippen LogP contribution in [0.3, 0.4) is 0 Å². The molecular formula is C19H16F3N3O. The predicted octanol–water partition coefficient (Wildman–Crippen LogP) is 4.96. The molecule has 0 radical (unpaired) electrons. The van der Waals surface area contributed by atoms with Gasteiger partial charge in [-0.2, -0.15) is 18.3 Å². The molecule has 2 aromatic carbocycles. The lowest BCUT2D eigenvalue weighted by Crippen LogP contribution is -2.12. The number of amides is 1. The maximum absolute atomic E-state index is 12.6. The molecule has 0 spiro atoms. The average Bonchev–Trinajstić information content (AvgIpc) is 3.07. The fourth-order valence-electron chi connectivity index (χ4n) is 2.53. The number of aryl methyl sites for hydroxylation is 2. The number of halogens is 3. The minimum absolute atomic E-state index is 0.223. The van der Waals surface area contributed by atoms with Crippen molar-refractivity contribution in [3.63, 3.8) is 0 Å². The molecule has 26 heavy (non-hydrogen) atoms. The normalized spacial score (nSPS) is 11.4. The van der Waals surface area contributed by atoms with Gasteiger partial charge in [0, 0.05) is 11.3 Å². The lowest BCUT2D eigenvalue weighted by molar-refractivity contribution is -0.137. The average molecular weight is 359 g/mol. The minimum atomic E-state index is -4.41. The predicted molar refractivity (Wildman–Crippen MR) is 92.9 cm³/mol. The van der Waals surface area contributed by atoms with Crippen LogP contribution in [0.1, 0.15) is 27.2 Å². The number of carbonyl (C=O) groups is 1. The van der Waals surface area contributed by atoms with Crippen LogP contribution in [0.2, 0.25) is 0 Å². The third kappa shape index (κ3) is 3.77. The number of benzene rings is 2. The van der Waals surface area contributed by atoms with Gasteiger partial charge in [0.25, 0.3) is 5.91 Å². The minimum Gasteiger partial charge on any atom is -0.321 e. The molecule has 134 valence electrons. The molecule has 4 nitrogen and oxygen atoms in total. The molecule has 1 heterocycles. The first-order valence-electron chi connectivity index (χ1n) is 7.86. The number of nitrogens with zero attached hydrogens (tertiary/aromatic N) is 1. The van der Waals surface area contributed by atoms with Gasteiger partial charge in [0.1, 0.15) is 5.69 Å². The number of hydrogen-bond donors (Lipinski definition) is 2. The lowest BCUT2D eigenvalue weighted by Gasteiger charge is -2.08. The number of H-pyrrole nitrogens is 1. The van der Waals surface area contributed by atoms with Crippen LogP contribution in [0.4, 0.5) is 18.9 Å². The molecule has 1 amide bonds. The molecule has 3 rings (SSSR count). The van der Waals surface area contributed by atoms with Gasteiger partial charge in [0.2, 0.25) is 0 Å². The summed E-state index contributed by atoms with van der Waals surface area (Å²) >= 11 is 0. The van der Waals surface area contributed by atoms with Crippen LogP contribution in [0.15, 0.2) is 48.5 Å². The van der Waals surface area contributed by atoms with E-state index in [9.17, 15) is 18.0 Å². The van der Waals surface area contributed by atoms with Crippen molar-refractivity contribution in [3.8, 4) is 11.3 Å².